The highest BCUT2D eigenvalue weighted by Crippen LogP contribution is 2.47. The summed E-state index contributed by atoms with van der Waals surface area (Å²) in [7, 11) is 0. The van der Waals surface area contributed by atoms with Gasteiger partial charge in [-0.3, -0.25) is 9.59 Å². The van der Waals surface area contributed by atoms with Crippen molar-refractivity contribution in [1.82, 2.24) is 9.80 Å². The lowest BCUT2D eigenvalue weighted by molar-refractivity contribution is -0.142. The van der Waals surface area contributed by atoms with Crippen LogP contribution in [0.2, 0.25) is 0 Å². The average Bonchev–Trinajstić information content (AvgIpc) is 3.28. The summed E-state index contributed by atoms with van der Waals surface area (Å²) in [4.78, 5) is 29.9. The Labute approximate surface area is 164 Å². The predicted octanol–water partition coefficient (Wildman–Crippen LogP) is 3.38. The van der Waals surface area contributed by atoms with Crippen molar-refractivity contribution in [3.63, 3.8) is 0 Å². The monoisotopic (exact) mass is 376 g/mol. The molecule has 0 radical (unpaired) electrons. The van der Waals surface area contributed by atoms with E-state index in [1.807, 2.05) is 58.3 Å². The van der Waals surface area contributed by atoms with Gasteiger partial charge in [0.15, 0.2) is 5.60 Å². The van der Waals surface area contributed by atoms with Gasteiger partial charge in [0, 0.05) is 31.5 Å². The van der Waals surface area contributed by atoms with Crippen molar-refractivity contribution < 1.29 is 14.3 Å². The van der Waals surface area contributed by atoms with Gasteiger partial charge in [0.05, 0.1) is 6.04 Å². The smallest absolute Gasteiger partial charge is 0.257 e. The second-order valence-electron chi connectivity index (χ2n) is 7.94. The third-order valence-corrected chi connectivity index (χ3v) is 6.38. The number of rotatable bonds is 2. The molecule has 1 spiro atoms. The highest BCUT2D eigenvalue weighted by atomic mass is 16.6. The van der Waals surface area contributed by atoms with Gasteiger partial charge in [-0.05, 0) is 30.5 Å². The zero-order valence-electron chi connectivity index (χ0n) is 15.8. The maximum Gasteiger partial charge on any atom is 0.257 e. The summed E-state index contributed by atoms with van der Waals surface area (Å²) >= 11 is 0. The molecule has 2 atom stereocenters. The van der Waals surface area contributed by atoms with Crippen LogP contribution in [0, 0.1) is 0 Å². The number of nitrogens with zero attached hydrogens (tertiary/aromatic N) is 2. The quantitative estimate of drug-likeness (QED) is 0.807. The van der Waals surface area contributed by atoms with E-state index in [9.17, 15) is 9.59 Å². The molecule has 0 saturated carbocycles. The third-order valence-electron chi connectivity index (χ3n) is 6.38. The van der Waals surface area contributed by atoms with Crippen LogP contribution in [0.25, 0.3) is 0 Å². The van der Waals surface area contributed by atoms with Crippen molar-refractivity contribution in [2.45, 2.75) is 43.6 Å². The van der Waals surface area contributed by atoms with Crippen LogP contribution in [0.3, 0.4) is 0 Å². The van der Waals surface area contributed by atoms with Gasteiger partial charge in [0.2, 0.25) is 0 Å². The summed E-state index contributed by atoms with van der Waals surface area (Å²) in [5.41, 5.74) is 1.11. The van der Waals surface area contributed by atoms with Gasteiger partial charge in [-0.1, -0.05) is 48.5 Å². The Morgan fingerprint density at radius 3 is 2.25 bits per heavy atom. The molecule has 5 nitrogen and oxygen atoms in total. The number of carbonyl (C=O) groups excluding carboxylic acids is 2. The Kier molecular flexibility index (Phi) is 4.20. The Balaban J connectivity index is 1.31. The first-order valence-corrected chi connectivity index (χ1v) is 10.1. The van der Waals surface area contributed by atoms with Crippen molar-refractivity contribution in [1.29, 1.82) is 0 Å². The summed E-state index contributed by atoms with van der Waals surface area (Å²) in [5, 5.41) is 0. The molecule has 0 aliphatic carbocycles. The molecule has 28 heavy (non-hydrogen) atoms. The van der Waals surface area contributed by atoms with Crippen LogP contribution in [-0.4, -0.2) is 46.5 Å². The van der Waals surface area contributed by atoms with Crippen molar-refractivity contribution >= 4 is 11.8 Å². The van der Waals surface area contributed by atoms with Gasteiger partial charge < -0.3 is 14.5 Å². The predicted molar refractivity (Wildman–Crippen MR) is 104 cm³/mol. The van der Waals surface area contributed by atoms with E-state index in [1.54, 1.807) is 0 Å². The van der Waals surface area contributed by atoms with Crippen LogP contribution in [0.4, 0.5) is 0 Å². The molecule has 3 aliphatic rings. The van der Waals surface area contributed by atoms with E-state index in [0.29, 0.717) is 31.5 Å². The lowest BCUT2D eigenvalue weighted by atomic mass is 9.89. The first-order chi connectivity index (χ1) is 13.7. The van der Waals surface area contributed by atoms with Gasteiger partial charge in [-0.25, -0.2) is 0 Å². The Morgan fingerprint density at radius 2 is 1.57 bits per heavy atom. The lowest BCUT2D eigenvalue weighted by Gasteiger charge is -2.37. The maximum atomic E-state index is 13.4. The fourth-order valence-electron chi connectivity index (χ4n) is 4.88. The van der Waals surface area contributed by atoms with Crippen LogP contribution in [0.15, 0.2) is 60.7 Å². The molecule has 3 aliphatic heterocycles. The Hall–Kier alpha value is -2.66. The molecule has 2 aromatic rings. The minimum absolute atomic E-state index is 0.0311. The molecule has 2 unspecified atom stereocenters. The normalized spacial score (nSPS) is 25.9. The second kappa shape index (κ2) is 6.74. The second-order valence-corrected chi connectivity index (χ2v) is 7.94. The van der Waals surface area contributed by atoms with Crippen molar-refractivity contribution in [3.05, 3.63) is 71.8 Å². The van der Waals surface area contributed by atoms with Crippen LogP contribution in [-0.2, 0) is 9.53 Å². The van der Waals surface area contributed by atoms with E-state index < -0.39 is 5.60 Å². The van der Waals surface area contributed by atoms with Crippen molar-refractivity contribution in [2.75, 3.05) is 13.1 Å². The topological polar surface area (TPSA) is 49.9 Å². The van der Waals surface area contributed by atoms with Gasteiger partial charge in [-0.15, -0.1) is 0 Å². The first-order valence-electron chi connectivity index (χ1n) is 10.1. The fourth-order valence-corrected chi connectivity index (χ4v) is 4.88. The summed E-state index contributed by atoms with van der Waals surface area (Å²) < 4.78 is 6.35. The van der Waals surface area contributed by atoms with E-state index in [4.69, 9.17) is 4.74 Å². The maximum absolute atomic E-state index is 13.4. The SMILES string of the molecule is O=C(c1ccccc1)N1CCC2(CC1)OC1CCC(c3ccccc3)N1C2=O. The third kappa shape index (κ3) is 2.73. The Bertz CT molecular complexity index is 875. The number of benzene rings is 2. The molecular weight excluding hydrogens is 352 g/mol. The van der Waals surface area contributed by atoms with E-state index in [0.717, 1.165) is 12.8 Å². The van der Waals surface area contributed by atoms with Crippen LogP contribution in [0.1, 0.15) is 47.6 Å². The van der Waals surface area contributed by atoms with Crippen LogP contribution >= 0.6 is 0 Å². The molecule has 0 bridgehead atoms. The minimum Gasteiger partial charge on any atom is -0.342 e. The number of ether oxygens (including phenoxy) is 1. The van der Waals surface area contributed by atoms with Crippen LogP contribution < -0.4 is 0 Å². The zero-order valence-corrected chi connectivity index (χ0v) is 15.8. The van der Waals surface area contributed by atoms with E-state index in [-0.39, 0.29) is 24.1 Å². The number of piperidine rings is 1. The number of amides is 2. The molecule has 144 valence electrons. The standard InChI is InChI=1S/C23H24N2O3/c26-21(18-9-5-2-6-10-18)24-15-13-23(14-16-24)22(27)25-19(11-12-20(25)28-23)17-7-3-1-4-8-17/h1-10,19-20H,11-16H2. The van der Waals surface area contributed by atoms with Gasteiger partial charge in [0.25, 0.3) is 11.8 Å². The minimum atomic E-state index is -0.758. The molecule has 0 aromatic heterocycles. The summed E-state index contributed by atoms with van der Waals surface area (Å²) in [5.74, 6) is 0.138. The van der Waals surface area contributed by atoms with Crippen molar-refractivity contribution in [3.8, 4) is 0 Å². The van der Waals surface area contributed by atoms with E-state index >= 15 is 0 Å². The number of hydrogen-bond donors (Lipinski definition) is 0. The molecule has 3 fully saturated rings. The van der Waals surface area contributed by atoms with Gasteiger partial charge in [0.1, 0.15) is 6.23 Å². The largest absolute Gasteiger partial charge is 0.342 e. The molecule has 3 heterocycles. The summed E-state index contributed by atoms with van der Waals surface area (Å²) in [6.07, 6.45) is 2.82. The molecule has 2 aromatic carbocycles. The van der Waals surface area contributed by atoms with Crippen LogP contribution in [0.5, 0.6) is 0 Å². The molecule has 3 saturated heterocycles. The van der Waals surface area contributed by atoms with Crippen molar-refractivity contribution in [2.24, 2.45) is 0 Å². The number of hydrogen-bond acceptors (Lipinski definition) is 3. The fraction of sp³-hybridized carbons (Fsp3) is 0.391. The molecular formula is C23H24N2O3. The number of carbonyl (C=O) groups is 2. The van der Waals surface area contributed by atoms with E-state index in [1.165, 1.54) is 5.56 Å². The first kappa shape index (κ1) is 17.4. The lowest BCUT2D eigenvalue weighted by Crippen LogP contribution is -2.51. The Morgan fingerprint density at radius 1 is 0.929 bits per heavy atom. The summed E-state index contributed by atoms with van der Waals surface area (Å²) in [6.45, 7) is 1.10. The van der Waals surface area contributed by atoms with E-state index in [2.05, 4.69) is 12.1 Å². The molecule has 2 amide bonds. The van der Waals surface area contributed by atoms with Gasteiger partial charge in [-0.2, -0.15) is 0 Å². The highest BCUT2D eigenvalue weighted by molar-refractivity contribution is 5.95. The summed E-state index contributed by atoms with van der Waals surface area (Å²) in [6, 6.07) is 19.7. The molecule has 5 heteroatoms. The highest BCUT2D eigenvalue weighted by Gasteiger charge is 2.58. The zero-order chi connectivity index (χ0) is 19.1. The number of likely N-dealkylation sites (tertiary alicyclic amines) is 1. The van der Waals surface area contributed by atoms with Gasteiger partial charge >= 0.3 is 0 Å². The molecule has 5 rings (SSSR count). The average molecular weight is 376 g/mol. The number of fused-ring (bicyclic) bond motifs is 1. The molecule has 0 N–H and O–H groups in total.